The molecule has 0 aliphatic carbocycles. The molecule has 0 unspecified atom stereocenters. The number of aliphatic imine (C=N–C) groups is 1. The number of hydrogen-bond donors (Lipinski definition) is 0. The highest BCUT2D eigenvalue weighted by Gasteiger charge is 2.15. The van der Waals surface area contributed by atoms with Crippen LogP contribution in [0.25, 0.3) is 0 Å². The van der Waals surface area contributed by atoms with Crippen LogP contribution in [0.3, 0.4) is 0 Å². The van der Waals surface area contributed by atoms with Crippen LogP contribution in [0.1, 0.15) is 39.5 Å². The number of unbranched alkanes of at least 4 members (excludes halogenated alkanes) is 2. The fourth-order valence-electron chi connectivity index (χ4n) is 1.25. The van der Waals surface area contributed by atoms with Crippen molar-refractivity contribution in [3.05, 3.63) is 0 Å². The maximum absolute atomic E-state index is 4.43. The van der Waals surface area contributed by atoms with Crippen molar-refractivity contribution in [1.29, 1.82) is 0 Å². The first-order valence-corrected chi connectivity index (χ1v) is 5.46. The zero-order valence-corrected chi connectivity index (χ0v) is 8.23. The van der Waals surface area contributed by atoms with Gasteiger partial charge in [-0.05, 0) is 13.3 Å². The summed E-state index contributed by atoms with van der Waals surface area (Å²) < 4.78 is 0. The molecule has 0 fully saturated rings. The Balaban J connectivity index is 2.05. The Morgan fingerprint density at radius 3 is 2.82 bits per heavy atom. The molecule has 0 saturated heterocycles. The quantitative estimate of drug-likeness (QED) is 0.592. The third-order valence-corrected chi connectivity index (χ3v) is 3.11. The molecule has 1 aliphatic rings. The average molecular weight is 171 g/mol. The normalized spacial score (nSPS) is 29.6. The van der Waals surface area contributed by atoms with Crippen molar-refractivity contribution in [3.8, 4) is 0 Å². The van der Waals surface area contributed by atoms with E-state index in [1.54, 1.807) is 0 Å². The van der Waals surface area contributed by atoms with Crippen molar-refractivity contribution in [1.82, 2.24) is 0 Å². The molecule has 0 saturated carbocycles. The summed E-state index contributed by atoms with van der Waals surface area (Å²) >= 11 is 1.99. The second kappa shape index (κ2) is 4.81. The monoisotopic (exact) mass is 171 g/mol. The van der Waals surface area contributed by atoms with E-state index in [2.05, 4.69) is 25.1 Å². The summed E-state index contributed by atoms with van der Waals surface area (Å²) in [5.41, 5.74) is 0. The molecule has 0 amide bonds. The lowest BCUT2D eigenvalue weighted by Gasteiger charge is -2.05. The van der Waals surface area contributed by atoms with E-state index >= 15 is 0 Å². The molecule has 64 valence electrons. The first-order chi connectivity index (χ1) is 5.33. The maximum atomic E-state index is 4.43. The van der Waals surface area contributed by atoms with Crippen LogP contribution in [0.2, 0.25) is 0 Å². The first kappa shape index (κ1) is 9.11. The van der Waals surface area contributed by atoms with Gasteiger partial charge in [-0.1, -0.05) is 26.2 Å². The predicted octanol–water partition coefficient (Wildman–Crippen LogP) is 3.10. The molecule has 1 rings (SSSR count). The van der Waals surface area contributed by atoms with Crippen molar-refractivity contribution in [2.75, 3.05) is 0 Å². The fourth-order valence-corrected chi connectivity index (χ4v) is 2.33. The van der Waals surface area contributed by atoms with Crippen LogP contribution in [0.5, 0.6) is 0 Å². The van der Waals surface area contributed by atoms with Crippen molar-refractivity contribution in [2.45, 2.75) is 50.2 Å². The summed E-state index contributed by atoms with van der Waals surface area (Å²) in [5, 5.41) is 1.23. The highest BCUT2D eigenvalue weighted by atomic mass is 32.2. The molecule has 0 aromatic heterocycles. The molecule has 0 bridgehead atoms. The van der Waals surface area contributed by atoms with Gasteiger partial charge >= 0.3 is 0 Å². The Kier molecular flexibility index (Phi) is 3.98. The van der Waals surface area contributed by atoms with E-state index in [0.29, 0.717) is 10.6 Å². The van der Waals surface area contributed by atoms with E-state index < -0.39 is 0 Å². The minimum atomic E-state index is 0.580. The zero-order chi connectivity index (χ0) is 8.10. The van der Waals surface area contributed by atoms with Gasteiger partial charge in [0.2, 0.25) is 0 Å². The van der Waals surface area contributed by atoms with Crippen LogP contribution in [0, 0.1) is 0 Å². The molecule has 2 heteroatoms. The van der Waals surface area contributed by atoms with Crippen molar-refractivity contribution in [3.63, 3.8) is 0 Å². The SMILES string of the molecule is CCCCC[C@@H]1N=C[C@H](C)S1. The Bertz CT molecular complexity index is 134. The molecule has 1 heterocycles. The van der Waals surface area contributed by atoms with Gasteiger partial charge in [0.05, 0.1) is 5.37 Å². The van der Waals surface area contributed by atoms with Crippen LogP contribution in [-0.2, 0) is 0 Å². The molecule has 1 aliphatic heterocycles. The lowest BCUT2D eigenvalue weighted by Crippen LogP contribution is -1.96. The average Bonchev–Trinajstić information content (AvgIpc) is 2.37. The van der Waals surface area contributed by atoms with E-state index in [1.165, 1.54) is 25.7 Å². The minimum absolute atomic E-state index is 0.580. The Labute approximate surface area is 73.7 Å². The molecule has 0 aromatic rings. The third kappa shape index (κ3) is 3.28. The molecule has 1 nitrogen and oxygen atoms in total. The van der Waals surface area contributed by atoms with Gasteiger partial charge in [0.25, 0.3) is 0 Å². The molecule has 0 spiro atoms. The van der Waals surface area contributed by atoms with Crippen LogP contribution in [0.15, 0.2) is 4.99 Å². The van der Waals surface area contributed by atoms with E-state index in [4.69, 9.17) is 0 Å². The summed E-state index contributed by atoms with van der Waals surface area (Å²) in [6.45, 7) is 4.46. The molecular weight excluding hydrogens is 154 g/mol. The third-order valence-electron chi connectivity index (χ3n) is 1.89. The van der Waals surface area contributed by atoms with Gasteiger partial charge in [-0.3, -0.25) is 4.99 Å². The van der Waals surface area contributed by atoms with Gasteiger partial charge in [-0.15, -0.1) is 11.8 Å². The van der Waals surface area contributed by atoms with Gasteiger partial charge in [0, 0.05) is 11.5 Å². The Morgan fingerprint density at radius 1 is 1.45 bits per heavy atom. The summed E-state index contributed by atoms with van der Waals surface area (Å²) in [4.78, 5) is 4.43. The second-order valence-corrected chi connectivity index (χ2v) is 4.65. The highest BCUT2D eigenvalue weighted by molar-refractivity contribution is 8.01. The fraction of sp³-hybridized carbons (Fsp3) is 0.889. The first-order valence-electron chi connectivity index (χ1n) is 4.51. The summed E-state index contributed by atoms with van der Waals surface area (Å²) in [6, 6.07) is 0. The van der Waals surface area contributed by atoms with Crippen LogP contribution in [0.4, 0.5) is 0 Å². The maximum Gasteiger partial charge on any atom is 0.0954 e. The molecule has 0 aromatic carbocycles. The van der Waals surface area contributed by atoms with Crippen LogP contribution >= 0.6 is 11.8 Å². The van der Waals surface area contributed by atoms with Gasteiger partial charge in [0.15, 0.2) is 0 Å². The largest absolute Gasteiger partial charge is 0.282 e. The van der Waals surface area contributed by atoms with E-state index in [0.717, 1.165) is 0 Å². The smallest absolute Gasteiger partial charge is 0.0954 e. The van der Waals surface area contributed by atoms with Crippen molar-refractivity contribution in [2.24, 2.45) is 4.99 Å². The number of nitrogens with zero attached hydrogens (tertiary/aromatic N) is 1. The van der Waals surface area contributed by atoms with Crippen molar-refractivity contribution >= 4 is 18.0 Å². The summed E-state index contributed by atoms with van der Waals surface area (Å²) in [5.74, 6) is 0. The Morgan fingerprint density at radius 2 is 2.27 bits per heavy atom. The lowest BCUT2D eigenvalue weighted by molar-refractivity contribution is 0.659. The van der Waals surface area contributed by atoms with E-state index in [-0.39, 0.29) is 0 Å². The Hall–Kier alpha value is 0.0200. The topological polar surface area (TPSA) is 12.4 Å². The molecule has 11 heavy (non-hydrogen) atoms. The van der Waals surface area contributed by atoms with Crippen LogP contribution < -0.4 is 0 Å². The number of thioether (sulfide) groups is 1. The lowest BCUT2D eigenvalue weighted by atomic mass is 10.2. The van der Waals surface area contributed by atoms with Crippen LogP contribution in [-0.4, -0.2) is 16.8 Å². The molecule has 2 atom stereocenters. The molecule has 0 radical (unpaired) electrons. The predicted molar refractivity (Wildman–Crippen MR) is 53.5 cm³/mol. The van der Waals surface area contributed by atoms with E-state index in [1.807, 2.05) is 11.8 Å². The summed E-state index contributed by atoms with van der Waals surface area (Å²) in [6.07, 6.45) is 7.39. The van der Waals surface area contributed by atoms with Gasteiger partial charge in [-0.25, -0.2) is 0 Å². The van der Waals surface area contributed by atoms with Gasteiger partial charge < -0.3 is 0 Å². The number of hydrogen-bond acceptors (Lipinski definition) is 2. The zero-order valence-electron chi connectivity index (χ0n) is 7.42. The van der Waals surface area contributed by atoms with Crippen molar-refractivity contribution < 1.29 is 0 Å². The highest BCUT2D eigenvalue weighted by Crippen LogP contribution is 2.27. The van der Waals surface area contributed by atoms with E-state index in [9.17, 15) is 0 Å². The van der Waals surface area contributed by atoms with Gasteiger partial charge in [-0.2, -0.15) is 0 Å². The number of rotatable bonds is 4. The minimum Gasteiger partial charge on any atom is -0.282 e. The standard InChI is InChI=1S/C9H17NS/c1-3-4-5-6-9-10-7-8(2)11-9/h7-9H,3-6H2,1-2H3/t8-,9+/m0/s1. The molecular formula is C9H17NS. The second-order valence-electron chi connectivity index (χ2n) is 3.09. The van der Waals surface area contributed by atoms with Gasteiger partial charge in [0.1, 0.15) is 0 Å². The molecule has 0 N–H and O–H groups in total. The summed E-state index contributed by atoms with van der Waals surface area (Å²) in [7, 11) is 0.